The molecule has 0 amide bonds. The van der Waals surface area contributed by atoms with Crippen molar-refractivity contribution in [2.24, 2.45) is 0 Å². The lowest BCUT2D eigenvalue weighted by molar-refractivity contribution is 0.449. The molecule has 0 bridgehead atoms. The quantitative estimate of drug-likeness (QED) is 0.795. The summed E-state index contributed by atoms with van der Waals surface area (Å²) < 4.78 is 0. The second kappa shape index (κ2) is 5.02. The lowest BCUT2D eigenvalue weighted by Gasteiger charge is -2.10. The van der Waals surface area contributed by atoms with Gasteiger partial charge in [0.1, 0.15) is 0 Å². The Morgan fingerprint density at radius 2 is 1.79 bits per heavy atom. The van der Waals surface area contributed by atoms with Crippen LogP contribution in [0.4, 0.5) is 0 Å². The number of nitrogens with zero attached hydrogens (tertiary/aromatic N) is 1. The molecule has 2 aromatic carbocycles. The summed E-state index contributed by atoms with van der Waals surface area (Å²) in [4.78, 5) is 2.21. The highest BCUT2D eigenvalue weighted by Gasteiger charge is 2.12. The standard InChI is InChI=1S/C18H19N/c1-19(2)13-14-7-8-17(11-14)18-10-9-15-5-3-4-6-16(15)12-18/h3-12,17H,13H2,1-2H3. The highest BCUT2D eigenvalue weighted by atomic mass is 15.0. The third-order valence-corrected chi connectivity index (χ3v) is 3.57. The van der Waals surface area contributed by atoms with E-state index in [1.54, 1.807) is 0 Å². The van der Waals surface area contributed by atoms with E-state index in [0.717, 1.165) is 6.54 Å². The molecule has 1 unspecified atom stereocenters. The predicted molar refractivity (Wildman–Crippen MR) is 82.5 cm³/mol. The molecule has 1 nitrogen and oxygen atoms in total. The highest BCUT2D eigenvalue weighted by molar-refractivity contribution is 5.83. The summed E-state index contributed by atoms with van der Waals surface area (Å²) in [6.45, 7) is 1.01. The van der Waals surface area contributed by atoms with Crippen LogP contribution in [0.15, 0.2) is 66.3 Å². The first-order valence-electron chi connectivity index (χ1n) is 6.75. The van der Waals surface area contributed by atoms with Gasteiger partial charge in [-0.15, -0.1) is 0 Å². The minimum absolute atomic E-state index is 0.430. The number of hydrogen-bond donors (Lipinski definition) is 0. The Bertz CT molecular complexity index is 650. The predicted octanol–water partition coefficient (Wildman–Crippen LogP) is 3.98. The smallest absolute Gasteiger partial charge is 0.0224 e. The van der Waals surface area contributed by atoms with Crippen LogP contribution in [0.25, 0.3) is 10.8 Å². The maximum Gasteiger partial charge on any atom is 0.0224 e. The first kappa shape index (κ1) is 12.2. The molecule has 2 aromatic rings. The minimum atomic E-state index is 0.430. The first-order chi connectivity index (χ1) is 9.22. The van der Waals surface area contributed by atoms with Crippen molar-refractivity contribution in [1.82, 2.24) is 4.90 Å². The Morgan fingerprint density at radius 1 is 1.00 bits per heavy atom. The van der Waals surface area contributed by atoms with Crippen molar-refractivity contribution in [3.05, 3.63) is 71.8 Å². The number of hydrogen-bond acceptors (Lipinski definition) is 1. The Hall–Kier alpha value is -1.86. The van der Waals surface area contributed by atoms with Crippen molar-refractivity contribution in [2.75, 3.05) is 20.6 Å². The molecular weight excluding hydrogens is 230 g/mol. The molecule has 0 heterocycles. The van der Waals surface area contributed by atoms with Gasteiger partial charge in [0.05, 0.1) is 0 Å². The summed E-state index contributed by atoms with van der Waals surface area (Å²) in [5.74, 6) is 0.430. The topological polar surface area (TPSA) is 3.24 Å². The molecule has 0 saturated heterocycles. The van der Waals surface area contributed by atoms with Crippen LogP contribution >= 0.6 is 0 Å². The summed E-state index contributed by atoms with van der Waals surface area (Å²) >= 11 is 0. The molecule has 1 heteroatoms. The van der Waals surface area contributed by atoms with Gasteiger partial charge in [-0.05, 0) is 36.0 Å². The number of benzene rings is 2. The number of rotatable bonds is 3. The van der Waals surface area contributed by atoms with E-state index in [4.69, 9.17) is 0 Å². The normalized spacial score (nSPS) is 18.3. The van der Waals surface area contributed by atoms with Gasteiger partial charge in [0.15, 0.2) is 0 Å². The number of allylic oxidation sites excluding steroid dienone is 2. The van der Waals surface area contributed by atoms with E-state index >= 15 is 0 Å². The Kier molecular flexibility index (Phi) is 3.22. The van der Waals surface area contributed by atoms with Gasteiger partial charge < -0.3 is 4.90 Å². The van der Waals surface area contributed by atoms with Crippen LogP contribution in [-0.2, 0) is 0 Å². The monoisotopic (exact) mass is 249 g/mol. The van der Waals surface area contributed by atoms with Gasteiger partial charge in [-0.2, -0.15) is 0 Å². The average molecular weight is 249 g/mol. The van der Waals surface area contributed by atoms with Crippen molar-refractivity contribution in [1.29, 1.82) is 0 Å². The molecule has 0 spiro atoms. The molecule has 0 aliphatic heterocycles. The zero-order chi connectivity index (χ0) is 13.2. The van der Waals surface area contributed by atoms with Crippen molar-refractivity contribution in [2.45, 2.75) is 5.92 Å². The maximum atomic E-state index is 2.37. The van der Waals surface area contributed by atoms with E-state index < -0.39 is 0 Å². The molecule has 0 fully saturated rings. The number of likely N-dealkylation sites (N-methyl/N-ethyl adjacent to an activating group) is 1. The van der Waals surface area contributed by atoms with Gasteiger partial charge in [0.25, 0.3) is 0 Å². The fraction of sp³-hybridized carbons (Fsp3) is 0.222. The van der Waals surface area contributed by atoms with Crippen molar-refractivity contribution in [3.8, 4) is 0 Å². The van der Waals surface area contributed by atoms with Crippen LogP contribution in [0.5, 0.6) is 0 Å². The third kappa shape index (κ3) is 2.61. The fourth-order valence-corrected chi connectivity index (χ4v) is 2.66. The van der Waals surface area contributed by atoms with E-state index in [2.05, 4.69) is 79.7 Å². The zero-order valence-electron chi connectivity index (χ0n) is 11.5. The number of fused-ring (bicyclic) bond motifs is 1. The maximum absolute atomic E-state index is 2.37. The third-order valence-electron chi connectivity index (χ3n) is 3.57. The van der Waals surface area contributed by atoms with Gasteiger partial charge in [-0.1, -0.05) is 60.7 Å². The van der Waals surface area contributed by atoms with Crippen LogP contribution in [-0.4, -0.2) is 25.5 Å². The van der Waals surface area contributed by atoms with Crippen molar-refractivity contribution < 1.29 is 0 Å². The summed E-state index contributed by atoms with van der Waals surface area (Å²) in [6, 6.07) is 15.3. The van der Waals surface area contributed by atoms with E-state index in [1.165, 1.54) is 21.9 Å². The molecule has 0 aromatic heterocycles. The summed E-state index contributed by atoms with van der Waals surface area (Å²) in [5.41, 5.74) is 2.78. The first-order valence-corrected chi connectivity index (χ1v) is 6.75. The van der Waals surface area contributed by atoms with E-state index in [-0.39, 0.29) is 0 Å². The van der Waals surface area contributed by atoms with Crippen LogP contribution in [0, 0.1) is 0 Å². The second-order valence-corrected chi connectivity index (χ2v) is 5.47. The molecule has 19 heavy (non-hydrogen) atoms. The van der Waals surface area contributed by atoms with Gasteiger partial charge in [-0.25, -0.2) is 0 Å². The lowest BCUT2D eigenvalue weighted by Crippen LogP contribution is -2.13. The van der Waals surface area contributed by atoms with Crippen LogP contribution in [0.1, 0.15) is 11.5 Å². The molecule has 1 aliphatic carbocycles. The zero-order valence-corrected chi connectivity index (χ0v) is 11.5. The Balaban J connectivity index is 1.89. The highest BCUT2D eigenvalue weighted by Crippen LogP contribution is 2.29. The van der Waals surface area contributed by atoms with E-state index in [1.807, 2.05) is 0 Å². The van der Waals surface area contributed by atoms with Gasteiger partial charge in [-0.3, -0.25) is 0 Å². The molecule has 0 N–H and O–H groups in total. The van der Waals surface area contributed by atoms with Crippen LogP contribution < -0.4 is 0 Å². The summed E-state index contributed by atoms with van der Waals surface area (Å²) in [7, 11) is 4.22. The average Bonchev–Trinajstić information content (AvgIpc) is 2.86. The van der Waals surface area contributed by atoms with Crippen LogP contribution in [0.3, 0.4) is 0 Å². The SMILES string of the molecule is CN(C)CC1=CC(c2ccc3ccccc3c2)C=C1. The second-order valence-electron chi connectivity index (χ2n) is 5.47. The summed E-state index contributed by atoms with van der Waals surface area (Å²) in [6.07, 6.45) is 6.91. The lowest BCUT2D eigenvalue weighted by atomic mass is 9.97. The largest absolute Gasteiger partial charge is 0.305 e. The molecular formula is C18H19N. The minimum Gasteiger partial charge on any atom is -0.305 e. The van der Waals surface area contributed by atoms with Gasteiger partial charge in [0.2, 0.25) is 0 Å². The fourth-order valence-electron chi connectivity index (χ4n) is 2.66. The molecule has 3 rings (SSSR count). The molecule has 96 valence electrons. The molecule has 1 atom stereocenters. The van der Waals surface area contributed by atoms with Crippen molar-refractivity contribution >= 4 is 10.8 Å². The van der Waals surface area contributed by atoms with Crippen LogP contribution in [0.2, 0.25) is 0 Å². The van der Waals surface area contributed by atoms with E-state index in [9.17, 15) is 0 Å². The Labute approximate surface area is 114 Å². The summed E-state index contributed by atoms with van der Waals surface area (Å²) in [5, 5.41) is 2.63. The Morgan fingerprint density at radius 3 is 2.58 bits per heavy atom. The van der Waals surface area contributed by atoms with Crippen molar-refractivity contribution in [3.63, 3.8) is 0 Å². The molecule has 0 saturated carbocycles. The van der Waals surface area contributed by atoms with Gasteiger partial charge >= 0.3 is 0 Å². The molecule has 0 radical (unpaired) electrons. The van der Waals surface area contributed by atoms with Gasteiger partial charge in [0, 0.05) is 12.5 Å². The van der Waals surface area contributed by atoms with E-state index in [0.29, 0.717) is 5.92 Å². The molecule has 1 aliphatic rings.